The van der Waals surface area contributed by atoms with E-state index in [2.05, 4.69) is 27.7 Å². The maximum atomic E-state index is 2.38. The van der Waals surface area contributed by atoms with E-state index < -0.39 is 0 Å². The number of unbranched alkanes of at least 4 members (excludes halogenated alkanes) is 10. The Bertz CT molecular complexity index is 201. The van der Waals surface area contributed by atoms with Crippen LogP contribution in [0.25, 0.3) is 0 Å². The second-order valence-electron chi connectivity index (χ2n) is 8.04. The van der Waals surface area contributed by atoms with Gasteiger partial charge in [0.2, 0.25) is 0 Å². The Morgan fingerprint density at radius 3 is 1.04 bits per heavy atom. The Morgan fingerprint density at radius 2 is 0.696 bits per heavy atom. The summed E-state index contributed by atoms with van der Waals surface area (Å²) in [5, 5.41) is 0. The Balaban J connectivity index is 3.65. The van der Waals surface area contributed by atoms with Crippen molar-refractivity contribution in [2.24, 2.45) is 5.41 Å². The first-order chi connectivity index (χ1) is 11.2. The molecule has 0 heteroatoms. The highest BCUT2D eigenvalue weighted by Crippen LogP contribution is 2.40. The first-order valence-corrected chi connectivity index (χ1v) is 11.2. The van der Waals surface area contributed by atoms with Crippen molar-refractivity contribution in [1.82, 2.24) is 0 Å². The molecular weight excluding hydrogens is 276 g/mol. The lowest BCUT2D eigenvalue weighted by Crippen LogP contribution is -2.20. The van der Waals surface area contributed by atoms with Crippen LogP contribution in [0, 0.1) is 5.41 Å². The van der Waals surface area contributed by atoms with Gasteiger partial charge < -0.3 is 0 Å². The molecule has 0 fully saturated rings. The Kier molecular flexibility index (Phi) is 16.8. The molecule has 0 unspecified atom stereocenters. The topological polar surface area (TPSA) is 0 Å². The molecule has 0 heterocycles. The summed E-state index contributed by atoms with van der Waals surface area (Å²) in [4.78, 5) is 0. The van der Waals surface area contributed by atoms with Crippen LogP contribution in [0.3, 0.4) is 0 Å². The van der Waals surface area contributed by atoms with E-state index in [4.69, 9.17) is 0 Å². The fourth-order valence-electron chi connectivity index (χ4n) is 4.51. The average molecular weight is 325 g/mol. The van der Waals surface area contributed by atoms with E-state index in [0.29, 0.717) is 5.41 Å². The van der Waals surface area contributed by atoms with E-state index in [9.17, 15) is 0 Å². The first-order valence-electron chi connectivity index (χ1n) is 11.2. The van der Waals surface area contributed by atoms with Gasteiger partial charge in [-0.15, -0.1) is 0 Å². The molecule has 23 heavy (non-hydrogen) atoms. The van der Waals surface area contributed by atoms with Gasteiger partial charge in [-0.25, -0.2) is 0 Å². The number of rotatable bonds is 18. The second-order valence-corrected chi connectivity index (χ2v) is 8.04. The minimum absolute atomic E-state index is 0.692. The highest BCUT2D eigenvalue weighted by atomic mass is 14.3. The molecule has 0 aliphatic rings. The summed E-state index contributed by atoms with van der Waals surface area (Å²) < 4.78 is 0. The molecular formula is C23H48. The van der Waals surface area contributed by atoms with E-state index >= 15 is 0 Å². The Labute approximate surface area is 149 Å². The van der Waals surface area contributed by atoms with Crippen molar-refractivity contribution in [2.45, 2.75) is 143 Å². The van der Waals surface area contributed by atoms with E-state index in [1.807, 2.05) is 0 Å². The molecule has 0 spiro atoms. The fraction of sp³-hybridized carbons (Fsp3) is 1.00. The maximum Gasteiger partial charge on any atom is -0.0298 e. The van der Waals surface area contributed by atoms with E-state index in [0.717, 1.165) is 0 Å². The molecule has 0 N–H and O–H groups in total. The van der Waals surface area contributed by atoms with Crippen molar-refractivity contribution in [3.05, 3.63) is 0 Å². The third-order valence-corrected chi connectivity index (χ3v) is 5.65. The smallest absolute Gasteiger partial charge is 0.0298 e. The van der Waals surface area contributed by atoms with Crippen molar-refractivity contribution >= 4 is 0 Å². The molecule has 0 rings (SSSR count). The minimum atomic E-state index is 0.692. The van der Waals surface area contributed by atoms with Gasteiger partial charge in [0.05, 0.1) is 0 Å². The van der Waals surface area contributed by atoms with Crippen LogP contribution in [-0.2, 0) is 0 Å². The molecule has 0 amide bonds. The van der Waals surface area contributed by atoms with Crippen LogP contribution in [0.4, 0.5) is 0 Å². The Hall–Kier alpha value is 0. The summed E-state index contributed by atoms with van der Waals surface area (Å²) in [6.07, 6.45) is 26.1. The molecule has 0 aliphatic carbocycles. The molecule has 0 atom stereocenters. The van der Waals surface area contributed by atoms with Crippen molar-refractivity contribution in [2.75, 3.05) is 0 Å². The lowest BCUT2D eigenvalue weighted by atomic mass is 9.72. The van der Waals surface area contributed by atoms with Crippen molar-refractivity contribution in [3.63, 3.8) is 0 Å². The fourth-order valence-corrected chi connectivity index (χ4v) is 4.51. The number of hydrogen-bond acceptors (Lipinski definition) is 0. The minimum Gasteiger partial charge on any atom is -0.0654 e. The van der Waals surface area contributed by atoms with Crippen molar-refractivity contribution in [3.8, 4) is 0 Å². The molecule has 0 aromatic heterocycles. The molecule has 0 saturated heterocycles. The second kappa shape index (κ2) is 16.8. The summed E-state index contributed by atoms with van der Waals surface area (Å²) in [7, 11) is 0. The quantitative estimate of drug-likeness (QED) is 0.220. The normalized spacial score (nSPS) is 12.0. The predicted molar refractivity (Wildman–Crippen MR) is 108 cm³/mol. The molecule has 0 bridgehead atoms. The van der Waals surface area contributed by atoms with Gasteiger partial charge in [-0.2, -0.15) is 0 Å². The molecule has 0 nitrogen and oxygen atoms in total. The third-order valence-electron chi connectivity index (χ3n) is 5.65. The molecule has 0 aromatic rings. The zero-order valence-corrected chi connectivity index (χ0v) is 17.2. The highest BCUT2D eigenvalue weighted by molar-refractivity contribution is 4.78. The van der Waals surface area contributed by atoms with Gasteiger partial charge >= 0.3 is 0 Å². The SMILES string of the molecule is CCCCCCCCCCCCCC(CCC)(CCC)CCC. The van der Waals surface area contributed by atoms with E-state index in [1.165, 1.54) is 116 Å². The lowest BCUT2D eigenvalue weighted by Gasteiger charge is -2.34. The predicted octanol–water partition coefficient (Wildman–Crippen LogP) is 9.07. The molecule has 0 saturated carbocycles. The standard InChI is InChI=1S/C23H48/c1-5-9-10-11-12-13-14-15-16-17-18-22-23(19-6-2,20-7-3)21-8-4/h5-22H2,1-4H3. The van der Waals surface area contributed by atoms with Crippen LogP contribution in [-0.4, -0.2) is 0 Å². The third kappa shape index (κ3) is 13.0. The van der Waals surface area contributed by atoms with Crippen molar-refractivity contribution < 1.29 is 0 Å². The van der Waals surface area contributed by atoms with Gasteiger partial charge in [0.15, 0.2) is 0 Å². The first kappa shape index (κ1) is 23.0. The summed E-state index contributed by atoms with van der Waals surface area (Å²) in [6, 6.07) is 0. The van der Waals surface area contributed by atoms with Gasteiger partial charge in [-0.1, -0.05) is 118 Å². The molecule has 0 aliphatic heterocycles. The van der Waals surface area contributed by atoms with Crippen LogP contribution in [0.5, 0.6) is 0 Å². The van der Waals surface area contributed by atoms with Gasteiger partial charge in [0, 0.05) is 0 Å². The molecule has 0 radical (unpaired) electrons. The zero-order chi connectivity index (χ0) is 17.2. The van der Waals surface area contributed by atoms with Gasteiger partial charge in [-0.3, -0.25) is 0 Å². The zero-order valence-electron chi connectivity index (χ0n) is 17.2. The largest absolute Gasteiger partial charge is 0.0654 e. The Morgan fingerprint density at radius 1 is 0.348 bits per heavy atom. The van der Waals surface area contributed by atoms with Crippen LogP contribution >= 0.6 is 0 Å². The average Bonchev–Trinajstić information content (AvgIpc) is 2.53. The summed E-state index contributed by atoms with van der Waals surface area (Å²) in [6.45, 7) is 9.43. The van der Waals surface area contributed by atoms with Crippen LogP contribution in [0.2, 0.25) is 0 Å². The van der Waals surface area contributed by atoms with Gasteiger partial charge in [0.25, 0.3) is 0 Å². The van der Waals surface area contributed by atoms with E-state index in [1.54, 1.807) is 0 Å². The molecule has 0 aromatic carbocycles. The maximum absolute atomic E-state index is 2.38. The van der Waals surface area contributed by atoms with Crippen LogP contribution in [0.1, 0.15) is 143 Å². The van der Waals surface area contributed by atoms with Crippen molar-refractivity contribution in [1.29, 1.82) is 0 Å². The highest BCUT2D eigenvalue weighted by Gasteiger charge is 2.26. The van der Waals surface area contributed by atoms with E-state index in [-0.39, 0.29) is 0 Å². The molecule has 140 valence electrons. The summed E-state index contributed by atoms with van der Waals surface area (Å²) >= 11 is 0. The van der Waals surface area contributed by atoms with Crippen LogP contribution < -0.4 is 0 Å². The lowest BCUT2D eigenvalue weighted by molar-refractivity contribution is 0.185. The number of hydrogen-bond donors (Lipinski definition) is 0. The monoisotopic (exact) mass is 324 g/mol. The summed E-state index contributed by atoms with van der Waals surface area (Å²) in [5.41, 5.74) is 0.692. The van der Waals surface area contributed by atoms with Gasteiger partial charge in [-0.05, 0) is 31.1 Å². The van der Waals surface area contributed by atoms with Gasteiger partial charge in [0.1, 0.15) is 0 Å². The van der Waals surface area contributed by atoms with Crippen LogP contribution in [0.15, 0.2) is 0 Å². The summed E-state index contributed by atoms with van der Waals surface area (Å²) in [5.74, 6) is 0.